The fourth-order valence-electron chi connectivity index (χ4n) is 1.11. The largest absolute Gasteiger partial charge is 0.324 e. The summed E-state index contributed by atoms with van der Waals surface area (Å²) >= 11 is 0. The Hall–Kier alpha value is -1.42. The molecular weight excluding hydrogens is 168 g/mol. The summed E-state index contributed by atoms with van der Waals surface area (Å²) in [5, 5.41) is 10.6. The lowest BCUT2D eigenvalue weighted by Crippen LogP contribution is -2.05. The molecule has 0 saturated carbocycles. The molecule has 1 aromatic rings. The van der Waals surface area contributed by atoms with Crippen molar-refractivity contribution in [3.8, 4) is 0 Å². The number of aryl methyl sites for hydroxylation is 1. The highest BCUT2D eigenvalue weighted by Gasteiger charge is 2.11. The van der Waals surface area contributed by atoms with Crippen LogP contribution < -0.4 is 5.73 Å². The second kappa shape index (κ2) is 3.53. The molecule has 0 aliphatic heterocycles. The van der Waals surface area contributed by atoms with Gasteiger partial charge in [0, 0.05) is 17.7 Å². The highest BCUT2D eigenvalue weighted by molar-refractivity contribution is 5.43. The summed E-state index contributed by atoms with van der Waals surface area (Å²) < 4.78 is 0. The molecule has 0 bridgehead atoms. The van der Waals surface area contributed by atoms with Gasteiger partial charge in [-0.2, -0.15) is 0 Å². The Morgan fingerprint density at radius 2 is 2.15 bits per heavy atom. The Morgan fingerprint density at radius 3 is 2.62 bits per heavy atom. The second-order valence-corrected chi connectivity index (χ2v) is 3.09. The Labute approximate surface area is 76.5 Å². The zero-order valence-electron chi connectivity index (χ0n) is 7.65. The number of nitro benzene ring substituents is 1. The molecule has 0 aliphatic carbocycles. The number of benzene rings is 1. The molecule has 0 amide bonds. The average Bonchev–Trinajstić information content (AvgIpc) is 2.04. The van der Waals surface area contributed by atoms with Crippen molar-refractivity contribution in [2.24, 2.45) is 5.73 Å². The lowest BCUT2D eigenvalue weighted by molar-refractivity contribution is -0.385. The van der Waals surface area contributed by atoms with Crippen molar-refractivity contribution >= 4 is 5.69 Å². The van der Waals surface area contributed by atoms with Gasteiger partial charge in [0.1, 0.15) is 0 Å². The van der Waals surface area contributed by atoms with Gasteiger partial charge >= 0.3 is 0 Å². The first kappa shape index (κ1) is 9.67. The molecule has 1 aromatic carbocycles. The lowest BCUT2D eigenvalue weighted by Gasteiger charge is -2.05. The van der Waals surface area contributed by atoms with Gasteiger partial charge in [0.05, 0.1) is 4.92 Å². The molecule has 0 fully saturated rings. The third-order valence-corrected chi connectivity index (χ3v) is 1.96. The molecule has 0 saturated heterocycles. The quantitative estimate of drug-likeness (QED) is 0.558. The standard InChI is InChI=1S/C9H12N2O2/c1-6-3-4-8(7(2)10)5-9(6)11(12)13/h3-5,7H,10H2,1-2H3/t7-/m0/s1. The molecule has 0 heterocycles. The van der Waals surface area contributed by atoms with Crippen LogP contribution in [0.3, 0.4) is 0 Å². The summed E-state index contributed by atoms with van der Waals surface area (Å²) in [6.07, 6.45) is 0. The van der Waals surface area contributed by atoms with E-state index in [2.05, 4.69) is 0 Å². The van der Waals surface area contributed by atoms with Gasteiger partial charge in [0.25, 0.3) is 5.69 Å². The predicted molar refractivity (Wildman–Crippen MR) is 50.4 cm³/mol. The lowest BCUT2D eigenvalue weighted by atomic mass is 10.1. The minimum absolute atomic E-state index is 0.134. The maximum Gasteiger partial charge on any atom is 0.272 e. The number of nitro groups is 1. The predicted octanol–water partition coefficient (Wildman–Crippen LogP) is 1.92. The Kier molecular flexibility index (Phi) is 2.63. The van der Waals surface area contributed by atoms with E-state index in [4.69, 9.17) is 5.73 Å². The van der Waals surface area contributed by atoms with E-state index in [1.807, 2.05) is 6.07 Å². The van der Waals surface area contributed by atoms with Crippen molar-refractivity contribution in [1.29, 1.82) is 0 Å². The van der Waals surface area contributed by atoms with Crippen LogP contribution in [0.4, 0.5) is 5.69 Å². The van der Waals surface area contributed by atoms with E-state index in [0.717, 1.165) is 5.56 Å². The van der Waals surface area contributed by atoms with Crippen LogP contribution in [-0.2, 0) is 0 Å². The van der Waals surface area contributed by atoms with Crippen LogP contribution in [0, 0.1) is 17.0 Å². The van der Waals surface area contributed by atoms with Gasteiger partial charge in [-0.1, -0.05) is 12.1 Å². The number of hydrogen-bond donors (Lipinski definition) is 1. The average molecular weight is 180 g/mol. The van der Waals surface area contributed by atoms with Gasteiger partial charge in [-0.15, -0.1) is 0 Å². The maximum absolute atomic E-state index is 10.6. The second-order valence-electron chi connectivity index (χ2n) is 3.09. The summed E-state index contributed by atoms with van der Waals surface area (Å²) in [4.78, 5) is 10.2. The molecule has 0 aromatic heterocycles. The number of nitrogens with two attached hydrogens (primary N) is 1. The van der Waals surface area contributed by atoms with Crippen molar-refractivity contribution in [2.75, 3.05) is 0 Å². The summed E-state index contributed by atoms with van der Waals surface area (Å²) in [7, 11) is 0. The zero-order valence-corrected chi connectivity index (χ0v) is 7.65. The van der Waals surface area contributed by atoms with E-state index >= 15 is 0 Å². The molecule has 4 heteroatoms. The van der Waals surface area contributed by atoms with E-state index in [-0.39, 0.29) is 16.7 Å². The van der Waals surface area contributed by atoms with Crippen molar-refractivity contribution in [1.82, 2.24) is 0 Å². The molecule has 4 nitrogen and oxygen atoms in total. The molecular formula is C9H12N2O2. The van der Waals surface area contributed by atoms with Gasteiger partial charge in [0.2, 0.25) is 0 Å². The third-order valence-electron chi connectivity index (χ3n) is 1.96. The molecule has 13 heavy (non-hydrogen) atoms. The highest BCUT2D eigenvalue weighted by atomic mass is 16.6. The fraction of sp³-hybridized carbons (Fsp3) is 0.333. The Morgan fingerprint density at radius 1 is 1.54 bits per heavy atom. The normalized spacial score (nSPS) is 12.5. The van der Waals surface area contributed by atoms with Gasteiger partial charge in [-0.05, 0) is 19.4 Å². The van der Waals surface area contributed by atoms with E-state index < -0.39 is 0 Å². The first-order valence-corrected chi connectivity index (χ1v) is 4.03. The van der Waals surface area contributed by atoms with Crippen LogP contribution >= 0.6 is 0 Å². The monoisotopic (exact) mass is 180 g/mol. The minimum Gasteiger partial charge on any atom is -0.324 e. The minimum atomic E-state index is -0.388. The molecule has 70 valence electrons. The van der Waals surface area contributed by atoms with Gasteiger partial charge in [-0.3, -0.25) is 10.1 Å². The van der Waals surface area contributed by atoms with E-state index in [1.165, 1.54) is 6.07 Å². The van der Waals surface area contributed by atoms with Crippen LogP contribution in [0.2, 0.25) is 0 Å². The van der Waals surface area contributed by atoms with Gasteiger partial charge < -0.3 is 5.73 Å². The van der Waals surface area contributed by atoms with Crippen molar-refractivity contribution in [2.45, 2.75) is 19.9 Å². The number of hydrogen-bond acceptors (Lipinski definition) is 3. The first-order chi connectivity index (χ1) is 6.02. The Bertz CT molecular complexity index is 334. The van der Waals surface area contributed by atoms with Crippen LogP contribution in [0.5, 0.6) is 0 Å². The topological polar surface area (TPSA) is 69.2 Å². The summed E-state index contributed by atoms with van der Waals surface area (Å²) in [5.41, 5.74) is 7.19. The van der Waals surface area contributed by atoms with Crippen molar-refractivity contribution in [3.63, 3.8) is 0 Å². The van der Waals surface area contributed by atoms with E-state index in [1.54, 1.807) is 19.9 Å². The molecule has 0 unspecified atom stereocenters. The van der Waals surface area contributed by atoms with E-state index in [9.17, 15) is 10.1 Å². The number of rotatable bonds is 2. The zero-order chi connectivity index (χ0) is 10.0. The summed E-state index contributed by atoms with van der Waals surface area (Å²) in [6.45, 7) is 3.51. The molecule has 0 aliphatic rings. The summed E-state index contributed by atoms with van der Waals surface area (Å²) in [5.74, 6) is 0. The smallest absolute Gasteiger partial charge is 0.272 e. The van der Waals surface area contributed by atoms with E-state index in [0.29, 0.717) is 5.56 Å². The maximum atomic E-state index is 10.6. The molecule has 1 atom stereocenters. The molecule has 0 radical (unpaired) electrons. The Balaban J connectivity index is 3.19. The SMILES string of the molecule is Cc1ccc([C@H](C)N)cc1[N+](=O)[O-]. The number of nitrogens with zero attached hydrogens (tertiary/aromatic N) is 1. The summed E-state index contributed by atoms with van der Waals surface area (Å²) in [6, 6.07) is 4.89. The van der Waals surface area contributed by atoms with Crippen LogP contribution in [0.15, 0.2) is 18.2 Å². The molecule has 0 spiro atoms. The van der Waals surface area contributed by atoms with Crippen LogP contribution in [-0.4, -0.2) is 4.92 Å². The first-order valence-electron chi connectivity index (χ1n) is 4.03. The van der Waals surface area contributed by atoms with Gasteiger partial charge in [0.15, 0.2) is 0 Å². The van der Waals surface area contributed by atoms with Crippen LogP contribution in [0.1, 0.15) is 24.1 Å². The third kappa shape index (κ3) is 2.03. The van der Waals surface area contributed by atoms with Crippen molar-refractivity contribution in [3.05, 3.63) is 39.4 Å². The molecule has 2 N–H and O–H groups in total. The molecule has 1 rings (SSSR count). The fourth-order valence-corrected chi connectivity index (χ4v) is 1.11. The van der Waals surface area contributed by atoms with Gasteiger partial charge in [-0.25, -0.2) is 0 Å². The van der Waals surface area contributed by atoms with Crippen molar-refractivity contribution < 1.29 is 4.92 Å². The highest BCUT2D eigenvalue weighted by Crippen LogP contribution is 2.21. The van der Waals surface area contributed by atoms with Crippen LogP contribution in [0.25, 0.3) is 0 Å².